The molecular weight excluding hydrogens is 228 g/mol. The molecule has 88 valence electrons. The van der Waals surface area contributed by atoms with Crippen LogP contribution < -0.4 is 0 Å². The molecule has 1 aliphatic rings. The van der Waals surface area contributed by atoms with E-state index in [4.69, 9.17) is 17.0 Å². The number of hydrogen-bond donors (Lipinski definition) is 0. The molecule has 0 radical (unpaired) electrons. The fraction of sp³-hybridized carbons (Fsp3) is 0.500. The van der Waals surface area contributed by atoms with Gasteiger partial charge in [-0.05, 0) is 19.1 Å². The molecule has 16 heavy (non-hydrogen) atoms. The molecule has 5 nitrogen and oxygen atoms in total. The molecule has 0 aromatic heterocycles. The minimum Gasteiger partial charge on any atom is -0.461 e. The highest BCUT2D eigenvalue weighted by molar-refractivity contribution is 7.80. The second-order valence-electron chi connectivity index (χ2n) is 3.21. The van der Waals surface area contributed by atoms with Gasteiger partial charge in [-0.15, -0.1) is 0 Å². The van der Waals surface area contributed by atoms with Crippen molar-refractivity contribution < 1.29 is 14.3 Å². The van der Waals surface area contributed by atoms with Crippen LogP contribution in [0.1, 0.15) is 6.92 Å². The molecule has 1 rings (SSSR count). The normalized spacial score (nSPS) is 15.6. The second kappa shape index (κ2) is 5.60. The van der Waals surface area contributed by atoms with Crippen LogP contribution in [0.4, 0.5) is 0 Å². The third kappa shape index (κ3) is 2.79. The lowest BCUT2D eigenvalue weighted by molar-refractivity contribution is -0.139. The maximum atomic E-state index is 11.5. The number of carbonyl (C=O) groups is 2. The highest BCUT2D eigenvalue weighted by Crippen LogP contribution is 2.09. The topological polar surface area (TPSA) is 49.9 Å². The van der Waals surface area contributed by atoms with Gasteiger partial charge in [0.15, 0.2) is 5.11 Å². The van der Waals surface area contributed by atoms with Gasteiger partial charge < -0.3 is 9.64 Å². The van der Waals surface area contributed by atoms with Crippen LogP contribution in [0.25, 0.3) is 0 Å². The minimum atomic E-state index is -0.495. The fourth-order valence-electron chi connectivity index (χ4n) is 1.36. The van der Waals surface area contributed by atoms with E-state index in [1.165, 1.54) is 4.90 Å². The van der Waals surface area contributed by atoms with Gasteiger partial charge in [0.2, 0.25) is 5.91 Å². The van der Waals surface area contributed by atoms with Crippen LogP contribution in [0.3, 0.4) is 0 Å². The number of esters is 1. The van der Waals surface area contributed by atoms with Crippen LogP contribution >= 0.6 is 12.2 Å². The third-order valence-electron chi connectivity index (χ3n) is 2.24. The summed E-state index contributed by atoms with van der Waals surface area (Å²) in [5.41, 5.74) is 0. The van der Waals surface area contributed by atoms with Crippen molar-refractivity contribution in [1.29, 1.82) is 0 Å². The van der Waals surface area contributed by atoms with E-state index >= 15 is 0 Å². The number of likely N-dealkylation sites (N-methyl/N-ethyl adjacent to an activating group) is 1. The molecule has 1 saturated heterocycles. The van der Waals surface area contributed by atoms with E-state index in [9.17, 15) is 9.59 Å². The summed E-state index contributed by atoms with van der Waals surface area (Å²) in [5, 5.41) is 0.502. The highest BCUT2D eigenvalue weighted by Gasteiger charge is 2.31. The van der Waals surface area contributed by atoms with Gasteiger partial charge in [0.25, 0.3) is 0 Å². The van der Waals surface area contributed by atoms with E-state index < -0.39 is 5.97 Å². The number of nitrogens with zero attached hydrogens (tertiary/aromatic N) is 2. The first kappa shape index (κ1) is 12.6. The average molecular weight is 242 g/mol. The maximum absolute atomic E-state index is 11.5. The van der Waals surface area contributed by atoms with Gasteiger partial charge in [0.05, 0.1) is 13.1 Å². The molecule has 0 atom stereocenters. The predicted molar refractivity (Wildman–Crippen MR) is 62.7 cm³/mol. The number of thiocarbonyl (C=S) groups is 1. The molecule has 0 aromatic carbocycles. The molecule has 0 spiro atoms. The number of ether oxygens (including phenoxy) is 1. The SMILES string of the molecule is C=CC(=O)OCCN1C(=O)CN(CC)C1=S. The van der Waals surface area contributed by atoms with E-state index in [-0.39, 0.29) is 12.5 Å². The maximum Gasteiger partial charge on any atom is 0.330 e. The Morgan fingerprint density at radius 1 is 1.69 bits per heavy atom. The summed E-state index contributed by atoms with van der Waals surface area (Å²) in [6.45, 7) is 6.65. The molecule has 0 unspecified atom stereocenters. The highest BCUT2D eigenvalue weighted by atomic mass is 32.1. The van der Waals surface area contributed by atoms with Crippen molar-refractivity contribution in [2.24, 2.45) is 0 Å². The zero-order chi connectivity index (χ0) is 12.1. The van der Waals surface area contributed by atoms with Crippen molar-refractivity contribution in [3.05, 3.63) is 12.7 Å². The fourth-order valence-corrected chi connectivity index (χ4v) is 1.74. The molecular formula is C10H14N2O3S. The Balaban J connectivity index is 2.42. The van der Waals surface area contributed by atoms with Crippen LogP contribution in [0.2, 0.25) is 0 Å². The summed E-state index contributed by atoms with van der Waals surface area (Å²) in [6.07, 6.45) is 1.09. The van der Waals surface area contributed by atoms with Crippen LogP contribution in [0.15, 0.2) is 12.7 Å². The second-order valence-corrected chi connectivity index (χ2v) is 3.58. The summed E-state index contributed by atoms with van der Waals surface area (Å²) in [5.74, 6) is -0.550. The first-order valence-corrected chi connectivity index (χ1v) is 5.39. The van der Waals surface area contributed by atoms with Crippen molar-refractivity contribution in [1.82, 2.24) is 9.80 Å². The van der Waals surface area contributed by atoms with Crippen molar-refractivity contribution in [2.75, 3.05) is 26.2 Å². The molecule has 0 saturated carbocycles. The van der Waals surface area contributed by atoms with E-state index in [1.807, 2.05) is 6.92 Å². The van der Waals surface area contributed by atoms with Gasteiger partial charge in [-0.2, -0.15) is 0 Å². The number of carbonyl (C=O) groups excluding carboxylic acids is 2. The third-order valence-corrected chi connectivity index (χ3v) is 2.71. The van der Waals surface area contributed by atoms with Gasteiger partial charge in [0.1, 0.15) is 6.61 Å². The summed E-state index contributed by atoms with van der Waals surface area (Å²) >= 11 is 5.12. The summed E-state index contributed by atoms with van der Waals surface area (Å²) < 4.78 is 4.79. The van der Waals surface area contributed by atoms with Gasteiger partial charge in [-0.3, -0.25) is 9.69 Å². The monoisotopic (exact) mass is 242 g/mol. The lowest BCUT2D eigenvalue weighted by Crippen LogP contribution is -2.35. The van der Waals surface area contributed by atoms with Crippen LogP contribution in [0.5, 0.6) is 0 Å². The molecule has 0 bridgehead atoms. The van der Waals surface area contributed by atoms with E-state index in [0.29, 0.717) is 24.7 Å². The number of hydrogen-bond acceptors (Lipinski definition) is 4. The zero-order valence-electron chi connectivity index (χ0n) is 9.14. The average Bonchev–Trinajstić information content (AvgIpc) is 2.55. The van der Waals surface area contributed by atoms with Gasteiger partial charge in [-0.25, -0.2) is 4.79 Å². The summed E-state index contributed by atoms with van der Waals surface area (Å²) in [7, 11) is 0. The van der Waals surface area contributed by atoms with Crippen molar-refractivity contribution >= 4 is 29.2 Å². The Kier molecular flexibility index (Phi) is 4.42. The van der Waals surface area contributed by atoms with E-state index in [0.717, 1.165) is 6.08 Å². The molecule has 1 amide bonds. The number of amides is 1. The molecule has 0 N–H and O–H groups in total. The molecule has 1 aliphatic heterocycles. The Morgan fingerprint density at radius 2 is 2.38 bits per heavy atom. The number of rotatable bonds is 5. The lowest BCUT2D eigenvalue weighted by atomic mass is 10.5. The van der Waals surface area contributed by atoms with Crippen LogP contribution in [0, 0.1) is 0 Å². The van der Waals surface area contributed by atoms with E-state index in [1.54, 1.807) is 4.90 Å². The summed E-state index contributed by atoms with van der Waals surface area (Å²) in [4.78, 5) is 25.6. The van der Waals surface area contributed by atoms with Gasteiger partial charge >= 0.3 is 5.97 Å². The first-order valence-electron chi connectivity index (χ1n) is 4.98. The Labute approximate surface area is 99.6 Å². The van der Waals surface area contributed by atoms with Crippen molar-refractivity contribution in [3.8, 4) is 0 Å². The smallest absolute Gasteiger partial charge is 0.330 e. The van der Waals surface area contributed by atoms with Gasteiger partial charge in [0, 0.05) is 12.6 Å². The van der Waals surface area contributed by atoms with Gasteiger partial charge in [-0.1, -0.05) is 6.58 Å². The molecule has 1 fully saturated rings. The first-order chi connectivity index (χ1) is 7.60. The quantitative estimate of drug-likeness (QED) is 0.390. The van der Waals surface area contributed by atoms with Crippen molar-refractivity contribution in [2.45, 2.75) is 6.92 Å². The largest absolute Gasteiger partial charge is 0.461 e. The van der Waals surface area contributed by atoms with E-state index in [2.05, 4.69) is 6.58 Å². The van der Waals surface area contributed by atoms with Crippen LogP contribution in [-0.2, 0) is 14.3 Å². The molecule has 1 heterocycles. The van der Waals surface area contributed by atoms with Crippen molar-refractivity contribution in [3.63, 3.8) is 0 Å². The Hall–Kier alpha value is -1.43. The minimum absolute atomic E-state index is 0.0542. The standard InChI is InChI=1S/C10H14N2O3S/c1-3-9(14)15-6-5-12-8(13)7-11(4-2)10(12)16/h3H,1,4-7H2,2H3. The Bertz CT molecular complexity index is 330. The molecule has 6 heteroatoms. The molecule has 0 aliphatic carbocycles. The molecule has 0 aromatic rings. The Morgan fingerprint density at radius 3 is 2.88 bits per heavy atom. The lowest BCUT2D eigenvalue weighted by Gasteiger charge is -2.18. The zero-order valence-corrected chi connectivity index (χ0v) is 9.96. The predicted octanol–water partition coefficient (Wildman–Crippen LogP) is 0.165. The summed E-state index contributed by atoms with van der Waals surface area (Å²) in [6, 6.07) is 0. The van der Waals surface area contributed by atoms with Crippen LogP contribution in [-0.4, -0.2) is 53.0 Å².